The Hall–Kier alpha value is -0.640. The highest BCUT2D eigenvalue weighted by molar-refractivity contribution is 5.39. The van der Waals surface area contributed by atoms with Crippen molar-refractivity contribution in [2.45, 2.75) is 83.5 Å². The Labute approximate surface area is 145 Å². The third kappa shape index (κ3) is 1.95. The molecule has 0 aromatic rings. The molecule has 4 aliphatic carbocycles. The van der Waals surface area contributed by atoms with E-state index >= 15 is 0 Å². The second kappa shape index (κ2) is 5.18. The third-order valence-corrected chi connectivity index (χ3v) is 8.45. The zero-order valence-electron chi connectivity index (χ0n) is 15.3. The predicted molar refractivity (Wildman–Crippen MR) is 94.3 cm³/mol. The smallest absolute Gasteiger partial charge is 0.0961 e. The summed E-state index contributed by atoms with van der Waals surface area (Å²) in [5.74, 6) is 0.914. The first-order valence-electron chi connectivity index (χ1n) is 9.72. The molecule has 0 heterocycles. The van der Waals surface area contributed by atoms with Gasteiger partial charge in [-0.1, -0.05) is 37.1 Å². The van der Waals surface area contributed by atoms with E-state index in [0.717, 1.165) is 38.5 Å². The van der Waals surface area contributed by atoms with Crippen molar-refractivity contribution in [2.24, 2.45) is 22.7 Å². The lowest BCUT2D eigenvalue weighted by atomic mass is 9.49. The molecule has 0 saturated heterocycles. The van der Waals surface area contributed by atoms with Gasteiger partial charge >= 0.3 is 0 Å². The highest BCUT2D eigenvalue weighted by Gasteiger charge is 2.63. The molecule has 0 bridgehead atoms. The summed E-state index contributed by atoms with van der Waals surface area (Å²) in [5.41, 5.74) is 1.91. The predicted octanol–water partition coefficient (Wildman–Crippen LogP) is 3.34. The van der Waals surface area contributed by atoms with Gasteiger partial charge in [-0.3, -0.25) is 0 Å². The minimum atomic E-state index is -0.961. The van der Waals surface area contributed by atoms with Gasteiger partial charge in [-0.25, -0.2) is 0 Å². The van der Waals surface area contributed by atoms with E-state index in [-0.39, 0.29) is 16.9 Å². The van der Waals surface area contributed by atoms with Crippen LogP contribution in [0.4, 0.5) is 0 Å². The molecule has 4 rings (SSSR count). The van der Waals surface area contributed by atoms with Crippen molar-refractivity contribution < 1.29 is 15.3 Å². The number of allylic oxidation sites excluding steroid dienone is 3. The van der Waals surface area contributed by atoms with Gasteiger partial charge in [0.1, 0.15) is 0 Å². The second-order valence-electron chi connectivity index (χ2n) is 9.37. The lowest BCUT2D eigenvalue weighted by molar-refractivity contribution is -0.148. The van der Waals surface area contributed by atoms with Crippen LogP contribution in [-0.4, -0.2) is 33.1 Å². The molecule has 0 unspecified atom stereocenters. The molecule has 3 saturated carbocycles. The number of aliphatic hydroxyl groups excluding tert-OH is 2. The number of rotatable bonds is 1. The first-order chi connectivity index (χ1) is 11.2. The summed E-state index contributed by atoms with van der Waals surface area (Å²) >= 11 is 0. The first kappa shape index (κ1) is 16.8. The van der Waals surface area contributed by atoms with Gasteiger partial charge in [-0.05, 0) is 69.1 Å². The highest BCUT2D eigenvalue weighted by Crippen LogP contribution is 2.66. The average Bonchev–Trinajstić information content (AvgIpc) is 2.81. The normalized spacial score (nSPS) is 51.8. The number of hydrogen-bond acceptors (Lipinski definition) is 3. The minimum Gasteiger partial charge on any atom is -0.393 e. The molecule has 0 radical (unpaired) electrons. The summed E-state index contributed by atoms with van der Waals surface area (Å²) in [5, 5.41) is 31.5. The standard InChI is InChI=1S/C21H32O3/c1-13(22)21(24)11-8-18-16-5-4-14-12-15(23)6-9-19(14,2)17(16)7-10-20(18,21)3/h4-5,13,15,17-18,22-24H,6-12H2,1-3H3/t13-,15-,17-,18-,19-,20-,21-/m0/s1. The van der Waals surface area contributed by atoms with E-state index in [1.807, 2.05) is 0 Å². The maximum atomic E-state index is 11.2. The van der Waals surface area contributed by atoms with Crippen LogP contribution >= 0.6 is 0 Å². The highest BCUT2D eigenvalue weighted by atomic mass is 16.3. The molecule has 0 aromatic carbocycles. The number of fused-ring (bicyclic) bond motifs is 5. The average molecular weight is 332 g/mol. The van der Waals surface area contributed by atoms with Gasteiger partial charge in [0, 0.05) is 5.41 Å². The Kier molecular flexibility index (Phi) is 3.63. The maximum absolute atomic E-state index is 11.2. The molecule has 0 aromatic heterocycles. The van der Waals surface area contributed by atoms with Gasteiger partial charge in [0.15, 0.2) is 0 Å². The summed E-state index contributed by atoms with van der Waals surface area (Å²) in [7, 11) is 0. The van der Waals surface area contributed by atoms with E-state index in [4.69, 9.17) is 0 Å². The molecule has 3 nitrogen and oxygen atoms in total. The summed E-state index contributed by atoms with van der Waals surface area (Å²) in [6.45, 7) is 6.33. The van der Waals surface area contributed by atoms with E-state index in [1.54, 1.807) is 6.92 Å². The van der Waals surface area contributed by atoms with Gasteiger partial charge in [0.25, 0.3) is 0 Å². The topological polar surface area (TPSA) is 60.7 Å². The fourth-order valence-corrected chi connectivity index (χ4v) is 6.72. The van der Waals surface area contributed by atoms with Crippen molar-refractivity contribution in [1.82, 2.24) is 0 Å². The van der Waals surface area contributed by atoms with Crippen LogP contribution in [0.1, 0.15) is 65.7 Å². The Bertz CT molecular complexity index is 606. The first-order valence-corrected chi connectivity index (χ1v) is 9.72. The summed E-state index contributed by atoms with van der Waals surface area (Å²) in [6.07, 6.45) is 10.2. The Morgan fingerprint density at radius 3 is 2.46 bits per heavy atom. The van der Waals surface area contributed by atoms with Crippen molar-refractivity contribution >= 4 is 0 Å². The number of hydrogen-bond donors (Lipinski definition) is 3. The zero-order valence-corrected chi connectivity index (χ0v) is 15.3. The van der Waals surface area contributed by atoms with Crippen LogP contribution in [-0.2, 0) is 0 Å². The van der Waals surface area contributed by atoms with Crippen LogP contribution in [0.15, 0.2) is 23.3 Å². The van der Waals surface area contributed by atoms with Gasteiger partial charge in [-0.15, -0.1) is 0 Å². The van der Waals surface area contributed by atoms with Crippen molar-refractivity contribution in [3.63, 3.8) is 0 Å². The Morgan fingerprint density at radius 2 is 1.75 bits per heavy atom. The fourth-order valence-electron chi connectivity index (χ4n) is 6.72. The van der Waals surface area contributed by atoms with Crippen LogP contribution in [0.25, 0.3) is 0 Å². The largest absolute Gasteiger partial charge is 0.393 e. The quantitative estimate of drug-likeness (QED) is 0.690. The molecule has 0 amide bonds. The molecule has 3 N–H and O–H groups in total. The van der Waals surface area contributed by atoms with Crippen molar-refractivity contribution in [2.75, 3.05) is 0 Å². The molecule has 0 spiro atoms. The van der Waals surface area contributed by atoms with E-state index in [0.29, 0.717) is 18.3 Å². The Balaban J connectivity index is 1.74. The Morgan fingerprint density at radius 1 is 1.04 bits per heavy atom. The second-order valence-corrected chi connectivity index (χ2v) is 9.37. The van der Waals surface area contributed by atoms with E-state index in [9.17, 15) is 15.3 Å². The van der Waals surface area contributed by atoms with Crippen molar-refractivity contribution in [3.8, 4) is 0 Å². The zero-order chi connectivity index (χ0) is 17.3. The van der Waals surface area contributed by atoms with Gasteiger partial charge in [0.2, 0.25) is 0 Å². The summed E-state index contributed by atoms with van der Waals surface area (Å²) in [4.78, 5) is 0. The monoisotopic (exact) mass is 332 g/mol. The molecule has 4 aliphatic rings. The lowest BCUT2D eigenvalue weighted by Crippen LogP contribution is -2.56. The molecule has 3 heteroatoms. The van der Waals surface area contributed by atoms with Crippen LogP contribution in [0, 0.1) is 22.7 Å². The van der Waals surface area contributed by atoms with Gasteiger partial charge in [-0.2, -0.15) is 0 Å². The van der Waals surface area contributed by atoms with E-state index in [2.05, 4.69) is 26.0 Å². The molecule has 3 fully saturated rings. The number of aliphatic hydroxyl groups is 3. The van der Waals surface area contributed by atoms with E-state index < -0.39 is 11.7 Å². The van der Waals surface area contributed by atoms with Crippen LogP contribution in [0.3, 0.4) is 0 Å². The maximum Gasteiger partial charge on any atom is 0.0961 e. The molecular weight excluding hydrogens is 300 g/mol. The van der Waals surface area contributed by atoms with Crippen molar-refractivity contribution in [1.29, 1.82) is 0 Å². The fraction of sp³-hybridized carbons (Fsp3) is 0.810. The lowest BCUT2D eigenvalue weighted by Gasteiger charge is -2.56. The van der Waals surface area contributed by atoms with Gasteiger partial charge < -0.3 is 15.3 Å². The van der Waals surface area contributed by atoms with Crippen molar-refractivity contribution in [3.05, 3.63) is 23.3 Å². The third-order valence-electron chi connectivity index (χ3n) is 8.45. The van der Waals surface area contributed by atoms with E-state index in [1.165, 1.54) is 11.1 Å². The summed E-state index contributed by atoms with van der Waals surface area (Å²) < 4.78 is 0. The molecule has 24 heavy (non-hydrogen) atoms. The molecule has 7 atom stereocenters. The summed E-state index contributed by atoms with van der Waals surface area (Å²) in [6, 6.07) is 0. The van der Waals surface area contributed by atoms with Gasteiger partial charge in [0.05, 0.1) is 17.8 Å². The van der Waals surface area contributed by atoms with Crippen LogP contribution < -0.4 is 0 Å². The van der Waals surface area contributed by atoms with Crippen LogP contribution in [0.5, 0.6) is 0 Å². The minimum absolute atomic E-state index is 0.177. The molecular formula is C21H32O3. The SMILES string of the molecule is C[C@H](O)[C@@]1(O)CC[C@H]2C3=CC=C4C[C@@H](O)CC[C@]4(C)[C@H]3CC[C@@]21C. The molecule has 0 aliphatic heterocycles. The molecule has 134 valence electrons. The van der Waals surface area contributed by atoms with Crippen LogP contribution in [0.2, 0.25) is 0 Å².